The third-order valence-corrected chi connectivity index (χ3v) is 2.72. The average Bonchev–Trinajstić information content (AvgIpc) is 2.77. The van der Waals surface area contributed by atoms with Crippen LogP contribution in [-0.4, -0.2) is 50.8 Å². The number of methoxy groups -OCH3 is 1. The van der Waals surface area contributed by atoms with Crippen LogP contribution in [0.25, 0.3) is 0 Å². The molecule has 0 N–H and O–H groups in total. The van der Waals surface area contributed by atoms with Crippen molar-refractivity contribution in [2.45, 2.75) is 19.4 Å². The molecule has 15 heavy (non-hydrogen) atoms. The van der Waals surface area contributed by atoms with E-state index in [1.807, 2.05) is 13.1 Å². The van der Waals surface area contributed by atoms with Gasteiger partial charge in [0.15, 0.2) is 0 Å². The lowest BCUT2D eigenvalue weighted by atomic mass is 10.2. The molecule has 1 atom stereocenters. The Labute approximate surface area is 90.8 Å². The molecule has 1 aliphatic rings. The molecule has 0 amide bonds. The summed E-state index contributed by atoms with van der Waals surface area (Å²) in [7, 11) is 3.44. The number of rotatable bonds is 4. The smallest absolute Gasteiger partial charge is 0.333 e. The highest BCUT2D eigenvalue weighted by Crippen LogP contribution is 2.10. The van der Waals surface area contributed by atoms with Crippen LogP contribution < -0.4 is 0 Å². The molecule has 0 aliphatic carbocycles. The van der Waals surface area contributed by atoms with E-state index < -0.39 is 0 Å². The molecule has 1 saturated heterocycles. The van der Waals surface area contributed by atoms with Crippen LogP contribution >= 0.6 is 0 Å². The highest BCUT2D eigenvalue weighted by atomic mass is 16.5. The molecule has 1 aliphatic heterocycles. The van der Waals surface area contributed by atoms with Gasteiger partial charge >= 0.3 is 5.97 Å². The van der Waals surface area contributed by atoms with Crippen LogP contribution in [0.15, 0.2) is 11.6 Å². The topological polar surface area (TPSA) is 38.8 Å². The van der Waals surface area contributed by atoms with E-state index in [-0.39, 0.29) is 5.97 Å². The summed E-state index contributed by atoms with van der Waals surface area (Å²) < 4.78 is 9.92. The van der Waals surface area contributed by atoms with Crippen LogP contribution in [0, 0.1) is 0 Å². The number of ether oxygens (including phenoxy) is 2. The maximum Gasteiger partial charge on any atom is 0.333 e. The van der Waals surface area contributed by atoms with Crippen molar-refractivity contribution in [3.63, 3.8) is 0 Å². The molecule has 0 spiro atoms. The number of hydrogen-bond donors (Lipinski definition) is 0. The summed E-state index contributed by atoms with van der Waals surface area (Å²) in [6.45, 7) is 4.16. The zero-order valence-electron chi connectivity index (χ0n) is 9.66. The molecule has 1 unspecified atom stereocenters. The van der Waals surface area contributed by atoms with Gasteiger partial charge in [-0.25, -0.2) is 4.79 Å². The number of nitrogens with zero attached hydrogens (tertiary/aromatic N) is 1. The molecule has 1 heterocycles. The largest absolute Gasteiger partial charge is 0.466 e. The maximum atomic E-state index is 11.1. The molecule has 86 valence electrons. The second-order valence-corrected chi connectivity index (χ2v) is 3.84. The van der Waals surface area contributed by atoms with Crippen molar-refractivity contribution < 1.29 is 14.3 Å². The molecule has 4 heteroatoms. The van der Waals surface area contributed by atoms with Crippen molar-refractivity contribution in [2.75, 3.05) is 33.9 Å². The van der Waals surface area contributed by atoms with Crippen LogP contribution in [0.1, 0.15) is 13.3 Å². The van der Waals surface area contributed by atoms with Crippen molar-refractivity contribution in [1.29, 1.82) is 0 Å². The second-order valence-electron chi connectivity index (χ2n) is 3.84. The van der Waals surface area contributed by atoms with Crippen molar-refractivity contribution in [3.05, 3.63) is 11.6 Å². The molecule has 4 nitrogen and oxygen atoms in total. The van der Waals surface area contributed by atoms with E-state index in [2.05, 4.69) is 9.64 Å². The minimum absolute atomic E-state index is 0.258. The molecule has 1 fully saturated rings. The first-order chi connectivity index (χ1) is 7.15. The Balaban J connectivity index is 2.37. The van der Waals surface area contributed by atoms with Gasteiger partial charge in [0.1, 0.15) is 0 Å². The fourth-order valence-corrected chi connectivity index (χ4v) is 1.54. The summed E-state index contributed by atoms with van der Waals surface area (Å²) >= 11 is 0. The van der Waals surface area contributed by atoms with Crippen molar-refractivity contribution in [2.24, 2.45) is 0 Å². The first-order valence-corrected chi connectivity index (χ1v) is 5.18. The Kier molecular flexibility index (Phi) is 4.78. The van der Waals surface area contributed by atoms with Gasteiger partial charge < -0.3 is 9.47 Å². The first-order valence-electron chi connectivity index (χ1n) is 5.18. The normalized spacial score (nSPS) is 22.1. The molecule has 0 aromatic heterocycles. The van der Waals surface area contributed by atoms with E-state index in [1.165, 1.54) is 7.11 Å². The quantitative estimate of drug-likeness (QED) is 0.512. The predicted octanol–water partition coefficient (Wildman–Crippen LogP) is 0.826. The van der Waals surface area contributed by atoms with Gasteiger partial charge in [0.25, 0.3) is 0 Å². The van der Waals surface area contributed by atoms with E-state index in [4.69, 9.17) is 4.74 Å². The Morgan fingerprint density at radius 1 is 1.67 bits per heavy atom. The summed E-state index contributed by atoms with van der Waals surface area (Å²) in [5, 5.41) is 0. The Hall–Kier alpha value is -0.870. The highest BCUT2D eigenvalue weighted by Gasteiger charge is 2.19. The van der Waals surface area contributed by atoms with E-state index in [1.54, 1.807) is 6.92 Å². The van der Waals surface area contributed by atoms with Gasteiger partial charge in [-0.3, -0.25) is 4.90 Å². The van der Waals surface area contributed by atoms with Gasteiger partial charge in [-0.1, -0.05) is 6.08 Å². The Morgan fingerprint density at radius 2 is 2.40 bits per heavy atom. The molecule has 1 rings (SSSR count). The Bertz CT molecular complexity index is 244. The van der Waals surface area contributed by atoms with Gasteiger partial charge in [0.2, 0.25) is 0 Å². The third kappa shape index (κ3) is 3.64. The maximum absolute atomic E-state index is 11.1. The average molecular weight is 213 g/mol. The van der Waals surface area contributed by atoms with Gasteiger partial charge in [-0.05, 0) is 20.4 Å². The number of hydrogen-bond acceptors (Lipinski definition) is 4. The minimum Gasteiger partial charge on any atom is -0.466 e. The van der Waals surface area contributed by atoms with Crippen LogP contribution in [0.3, 0.4) is 0 Å². The van der Waals surface area contributed by atoms with E-state index in [0.29, 0.717) is 11.6 Å². The summed E-state index contributed by atoms with van der Waals surface area (Å²) in [6.07, 6.45) is 2.96. The summed E-state index contributed by atoms with van der Waals surface area (Å²) in [4.78, 5) is 13.3. The Morgan fingerprint density at radius 3 is 2.93 bits per heavy atom. The molecule has 0 radical (unpaired) electrons. The van der Waals surface area contributed by atoms with Crippen molar-refractivity contribution in [3.8, 4) is 0 Å². The second kappa shape index (κ2) is 5.88. The number of carbonyl (C=O) groups excluding carboxylic acids is 1. The summed E-state index contributed by atoms with van der Waals surface area (Å²) in [5.74, 6) is -0.258. The highest BCUT2D eigenvalue weighted by molar-refractivity contribution is 5.87. The molecule has 0 bridgehead atoms. The molecule has 0 saturated carbocycles. The zero-order valence-corrected chi connectivity index (χ0v) is 9.66. The van der Waals surface area contributed by atoms with Crippen molar-refractivity contribution in [1.82, 2.24) is 4.90 Å². The summed E-state index contributed by atoms with van der Waals surface area (Å²) in [6, 6.07) is 0.478. The van der Waals surface area contributed by atoms with Crippen LogP contribution in [0.4, 0.5) is 0 Å². The predicted molar refractivity (Wildman–Crippen MR) is 57.6 cm³/mol. The lowest BCUT2D eigenvalue weighted by Gasteiger charge is -2.21. The molecular weight excluding hydrogens is 194 g/mol. The van der Waals surface area contributed by atoms with Crippen LogP contribution in [-0.2, 0) is 14.3 Å². The standard InChI is InChI=1S/C11H19NO3/c1-9(11(13)14-3)4-6-12(2)10-5-7-15-8-10/h4,10H,5-8H2,1-3H3. The van der Waals surface area contributed by atoms with Gasteiger partial charge in [-0.2, -0.15) is 0 Å². The van der Waals surface area contributed by atoms with E-state index in [9.17, 15) is 4.79 Å². The third-order valence-electron chi connectivity index (χ3n) is 2.72. The number of carbonyl (C=O) groups is 1. The van der Waals surface area contributed by atoms with Gasteiger partial charge in [0.05, 0.1) is 13.7 Å². The van der Waals surface area contributed by atoms with E-state index in [0.717, 1.165) is 26.2 Å². The number of likely N-dealkylation sites (N-methyl/N-ethyl adjacent to an activating group) is 1. The molecule has 0 aromatic rings. The first kappa shape index (κ1) is 12.2. The fraction of sp³-hybridized carbons (Fsp3) is 0.727. The van der Waals surface area contributed by atoms with E-state index >= 15 is 0 Å². The minimum atomic E-state index is -0.258. The SMILES string of the molecule is COC(=O)C(C)=CCN(C)C1CCOC1. The van der Waals surface area contributed by atoms with Gasteiger partial charge in [-0.15, -0.1) is 0 Å². The van der Waals surface area contributed by atoms with Crippen molar-refractivity contribution >= 4 is 5.97 Å². The van der Waals surface area contributed by atoms with Crippen LogP contribution in [0.2, 0.25) is 0 Å². The summed E-state index contributed by atoms with van der Waals surface area (Å²) in [5.41, 5.74) is 0.656. The monoisotopic (exact) mass is 213 g/mol. The number of esters is 1. The van der Waals surface area contributed by atoms with Gasteiger partial charge in [0, 0.05) is 24.8 Å². The van der Waals surface area contributed by atoms with Crippen LogP contribution in [0.5, 0.6) is 0 Å². The fourth-order valence-electron chi connectivity index (χ4n) is 1.54. The molecule has 0 aromatic carbocycles. The lowest BCUT2D eigenvalue weighted by Crippen LogP contribution is -2.32. The zero-order chi connectivity index (χ0) is 11.3. The lowest BCUT2D eigenvalue weighted by molar-refractivity contribution is -0.136. The molecular formula is C11H19NO3.